The van der Waals surface area contributed by atoms with Crippen molar-refractivity contribution in [3.05, 3.63) is 22.7 Å². The Labute approximate surface area is 103 Å². The van der Waals surface area contributed by atoms with Crippen molar-refractivity contribution in [3.63, 3.8) is 0 Å². The third-order valence-electron chi connectivity index (χ3n) is 2.80. The van der Waals surface area contributed by atoms with Crippen LogP contribution in [0.5, 0.6) is 11.5 Å². The molecule has 90 valence electrons. The van der Waals surface area contributed by atoms with Gasteiger partial charge in [0.15, 0.2) is 11.5 Å². The van der Waals surface area contributed by atoms with Gasteiger partial charge in [-0.1, -0.05) is 11.6 Å². The number of hydrogen-bond donors (Lipinski definition) is 1. The highest BCUT2D eigenvalue weighted by atomic mass is 35.5. The molecule has 0 radical (unpaired) electrons. The number of carbonyl (C=O) groups excluding carboxylic acids is 1. The normalized spacial score (nSPS) is 21.9. The van der Waals surface area contributed by atoms with Crippen LogP contribution in [0.4, 0.5) is 4.79 Å². The predicted octanol–water partition coefficient (Wildman–Crippen LogP) is 2.24. The molecule has 6 heteroatoms. The third-order valence-corrected chi connectivity index (χ3v) is 3.13. The maximum atomic E-state index is 11.2. The van der Waals surface area contributed by atoms with E-state index in [1.165, 1.54) is 0 Å². The van der Waals surface area contributed by atoms with Gasteiger partial charge in [-0.15, -0.1) is 0 Å². The molecule has 1 fully saturated rings. The predicted molar refractivity (Wildman–Crippen MR) is 59.4 cm³/mol. The number of rotatable bonds is 1. The van der Waals surface area contributed by atoms with Gasteiger partial charge < -0.3 is 19.5 Å². The molecular formula is C11H10ClNO4. The van der Waals surface area contributed by atoms with Crippen LogP contribution in [0.2, 0.25) is 5.02 Å². The van der Waals surface area contributed by atoms with Crippen molar-refractivity contribution >= 4 is 17.7 Å². The average molecular weight is 256 g/mol. The Balaban J connectivity index is 1.94. The number of nitrogens with one attached hydrogen (secondary N) is 1. The largest absolute Gasteiger partial charge is 0.454 e. The van der Waals surface area contributed by atoms with Crippen LogP contribution in [-0.4, -0.2) is 19.5 Å². The molecule has 1 atom stereocenters. The summed E-state index contributed by atoms with van der Waals surface area (Å²) < 4.78 is 15.3. The van der Waals surface area contributed by atoms with E-state index in [0.717, 1.165) is 5.56 Å². The van der Waals surface area contributed by atoms with Crippen LogP contribution in [0.15, 0.2) is 12.1 Å². The van der Waals surface area contributed by atoms with E-state index in [2.05, 4.69) is 5.32 Å². The lowest BCUT2D eigenvalue weighted by Gasteiger charge is -2.24. The zero-order valence-corrected chi connectivity index (χ0v) is 9.62. The quantitative estimate of drug-likeness (QED) is 0.836. The molecule has 17 heavy (non-hydrogen) atoms. The van der Waals surface area contributed by atoms with Gasteiger partial charge >= 0.3 is 6.09 Å². The van der Waals surface area contributed by atoms with E-state index in [0.29, 0.717) is 29.5 Å². The summed E-state index contributed by atoms with van der Waals surface area (Å²) in [5.74, 6) is 1.29. The maximum Gasteiger partial charge on any atom is 0.407 e. The molecule has 5 nitrogen and oxygen atoms in total. The SMILES string of the molecule is O=C1N[C@H](c2cc3c(cc2Cl)OCO3)CCO1. The summed E-state index contributed by atoms with van der Waals surface area (Å²) in [4.78, 5) is 11.2. The first-order chi connectivity index (χ1) is 8.24. The number of amides is 1. The molecule has 0 aliphatic carbocycles. The second-order valence-electron chi connectivity index (χ2n) is 3.85. The highest BCUT2D eigenvalue weighted by Crippen LogP contribution is 2.39. The topological polar surface area (TPSA) is 56.8 Å². The number of alkyl carbamates (subject to hydrolysis) is 1. The number of ether oxygens (including phenoxy) is 3. The molecule has 1 aromatic carbocycles. The number of hydrogen-bond acceptors (Lipinski definition) is 4. The van der Waals surface area contributed by atoms with Crippen molar-refractivity contribution in [1.29, 1.82) is 0 Å². The van der Waals surface area contributed by atoms with Crippen molar-refractivity contribution in [2.45, 2.75) is 12.5 Å². The van der Waals surface area contributed by atoms with E-state index in [1.54, 1.807) is 12.1 Å². The van der Waals surface area contributed by atoms with Gasteiger partial charge in [0.25, 0.3) is 0 Å². The Morgan fingerprint density at radius 2 is 2.00 bits per heavy atom. The summed E-state index contributed by atoms with van der Waals surface area (Å²) in [7, 11) is 0. The minimum atomic E-state index is -0.421. The van der Waals surface area contributed by atoms with Gasteiger partial charge in [0.2, 0.25) is 6.79 Å². The molecule has 1 saturated heterocycles. The van der Waals surface area contributed by atoms with Crippen LogP contribution < -0.4 is 14.8 Å². The summed E-state index contributed by atoms with van der Waals surface area (Å²) in [6, 6.07) is 3.38. The Morgan fingerprint density at radius 1 is 1.24 bits per heavy atom. The minimum absolute atomic E-state index is 0.141. The standard InChI is InChI=1S/C11H10ClNO4/c12-7-4-10-9(16-5-17-10)3-6(7)8-1-2-15-11(14)13-8/h3-4,8H,1-2,5H2,(H,13,14)/t8-/m0/s1. The van der Waals surface area contributed by atoms with Crippen LogP contribution in [0.1, 0.15) is 18.0 Å². The van der Waals surface area contributed by atoms with Crippen molar-refractivity contribution in [3.8, 4) is 11.5 Å². The van der Waals surface area contributed by atoms with Crippen LogP contribution in [0.3, 0.4) is 0 Å². The first-order valence-corrected chi connectivity index (χ1v) is 5.64. The van der Waals surface area contributed by atoms with Crippen LogP contribution >= 0.6 is 11.6 Å². The lowest BCUT2D eigenvalue weighted by molar-refractivity contribution is 0.115. The summed E-state index contributed by atoms with van der Waals surface area (Å²) in [5.41, 5.74) is 0.826. The minimum Gasteiger partial charge on any atom is -0.454 e. The molecule has 1 N–H and O–H groups in total. The van der Waals surface area contributed by atoms with Gasteiger partial charge in [-0.3, -0.25) is 0 Å². The van der Waals surface area contributed by atoms with Gasteiger partial charge in [0.1, 0.15) is 0 Å². The molecule has 0 spiro atoms. The van der Waals surface area contributed by atoms with Crippen molar-refractivity contribution in [1.82, 2.24) is 5.32 Å². The number of cyclic esters (lactones) is 1. The lowest BCUT2D eigenvalue weighted by Crippen LogP contribution is -2.35. The van der Waals surface area contributed by atoms with Gasteiger partial charge in [-0.05, 0) is 11.6 Å². The number of halogens is 1. The Kier molecular flexibility index (Phi) is 2.48. The second kappa shape index (κ2) is 4.00. The van der Waals surface area contributed by atoms with E-state index >= 15 is 0 Å². The number of benzene rings is 1. The fourth-order valence-electron chi connectivity index (χ4n) is 1.96. The number of fused-ring (bicyclic) bond motifs is 1. The molecule has 0 bridgehead atoms. The monoisotopic (exact) mass is 255 g/mol. The Bertz CT molecular complexity index is 477. The summed E-state index contributed by atoms with van der Waals surface area (Å²) in [6.07, 6.45) is 0.264. The zero-order valence-electron chi connectivity index (χ0n) is 8.86. The highest BCUT2D eigenvalue weighted by Gasteiger charge is 2.25. The Hall–Kier alpha value is -1.62. The van der Waals surface area contributed by atoms with Crippen LogP contribution in [0, 0.1) is 0 Å². The Morgan fingerprint density at radius 3 is 2.76 bits per heavy atom. The molecule has 2 heterocycles. The first-order valence-electron chi connectivity index (χ1n) is 5.26. The average Bonchev–Trinajstić information content (AvgIpc) is 2.75. The summed E-state index contributed by atoms with van der Waals surface area (Å²) in [6.45, 7) is 0.594. The molecule has 0 aromatic heterocycles. The molecule has 0 unspecified atom stereocenters. The summed E-state index contributed by atoms with van der Waals surface area (Å²) in [5, 5.41) is 3.28. The van der Waals surface area contributed by atoms with Crippen LogP contribution in [-0.2, 0) is 4.74 Å². The van der Waals surface area contributed by atoms with Crippen molar-refractivity contribution in [2.24, 2.45) is 0 Å². The van der Waals surface area contributed by atoms with Crippen molar-refractivity contribution < 1.29 is 19.0 Å². The first kappa shape index (κ1) is 10.5. The second-order valence-corrected chi connectivity index (χ2v) is 4.26. The lowest BCUT2D eigenvalue weighted by atomic mass is 10.0. The van der Waals surface area contributed by atoms with Gasteiger partial charge in [0.05, 0.1) is 12.6 Å². The maximum absolute atomic E-state index is 11.2. The van der Waals surface area contributed by atoms with E-state index in [1.807, 2.05) is 0 Å². The van der Waals surface area contributed by atoms with E-state index in [-0.39, 0.29) is 12.8 Å². The molecule has 1 aromatic rings. The molecule has 1 amide bonds. The smallest absolute Gasteiger partial charge is 0.407 e. The third kappa shape index (κ3) is 1.86. The molecule has 0 saturated carbocycles. The zero-order chi connectivity index (χ0) is 11.8. The summed E-state index contributed by atoms with van der Waals surface area (Å²) >= 11 is 6.16. The van der Waals surface area contributed by atoms with E-state index in [4.69, 9.17) is 25.8 Å². The van der Waals surface area contributed by atoms with E-state index in [9.17, 15) is 4.79 Å². The van der Waals surface area contributed by atoms with Crippen LogP contribution in [0.25, 0.3) is 0 Å². The molecule has 2 aliphatic heterocycles. The molecule has 3 rings (SSSR count). The highest BCUT2D eigenvalue weighted by molar-refractivity contribution is 6.31. The molecule has 2 aliphatic rings. The van der Waals surface area contributed by atoms with Gasteiger partial charge in [-0.25, -0.2) is 4.79 Å². The van der Waals surface area contributed by atoms with Gasteiger partial charge in [0, 0.05) is 17.5 Å². The van der Waals surface area contributed by atoms with Gasteiger partial charge in [-0.2, -0.15) is 0 Å². The fraction of sp³-hybridized carbons (Fsp3) is 0.364. The number of carbonyl (C=O) groups is 1. The van der Waals surface area contributed by atoms with E-state index < -0.39 is 6.09 Å². The van der Waals surface area contributed by atoms with Crippen molar-refractivity contribution in [2.75, 3.05) is 13.4 Å². The fourth-order valence-corrected chi connectivity index (χ4v) is 2.24. The molecular weight excluding hydrogens is 246 g/mol.